The van der Waals surface area contributed by atoms with E-state index in [1.165, 1.54) is 12.1 Å². The highest BCUT2D eigenvalue weighted by Gasteiger charge is 2.48. The Bertz CT molecular complexity index is 397. The van der Waals surface area contributed by atoms with Gasteiger partial charge in [-0.1, -0.05) is 19.9 Å². The van der Waals surface area contributed by atoms with Gasteiger partial charge in [-0.3, -0.25) is 0 Å². The molecule has 1 aliphatic carbocycles. The molecule has 0 saturated heterocycles. The van der Waals surface area contributed by atoms with Crippen LogP contribution in [-0.2, 0) is 0 Å². The zero-order valence-electron chi connectivity index (χ0n) is 9.63. The summed E-state index contributed by atoms with van der Waals surface area (Å²) in [6, 6.07) is 3.78. The molecule has 0 spiro atoms. The van der Waals surface area contributed by atoms with Crippen LogP contribution >= 0.6 is 0 Å². The molecule has 1 nitrogen and oxygen atoms in total. The largest absolute Gasteiger partial charge is 0.325 e. The van der Waals surface area contributed by atoms with Crippen molar-refractivity contribution in [1.29, 1.82) is 0 Å². The fourth-order valence-corrected chi connectivity index (χ4v) is 2.54. The summed E-state index contributed by atoms with van der Waals surface area (Å²) in [5.74, 6) is -0.776. The average molecular weight is 225 g/mol. The van der Waals surface area contributed by atoms with Crippen LogP contribution in [0.5, 0.6) is 0 Å². The van der Waals surface area contributed by atoms with Gasteiger partial charge in [-0.2, -0.15) is 0 Å². The van der Waals surface area contributed by atoms with E-state index >= 15 is 0 Å². The molecule has 1 saturated carbocycles. The molecule has 1 aliphatic rings. The fourth-order valence-electron chi connectivity index (χ4n) is 2.54. The highest BCUT2D eigenvalue weighted by molar-refractivity contribution is 5.29. The summed E-state index contributed by atoms with van der Waals surface area (Å²) in [4.78, 5) is 0. The first-order valence-electron chi connectivity index (χ1n) is 5.68. The normalized spacial score (nSPS) is 19.9. The predicted octanol–water partition coefficient (Wildman–Crippen LogP) is 3.20. The maximum absolute atomic E-state index is 13.7. The first-order chi connectivity index (χ1) is 7.44. The molecule has 0 aliphatic heterocycles. The van der Waals surface area contributed by atoms with E-state index in [0.29, 0.717) is 5.56 Å². The molecule has 0 aromatic heterocycles. The Kier molecular flexibility index (Phi) is 2.74. The first-order valence-corrected chi connectivity index (χ1v) is 5.68. The van der Waals surface area contributed by atoms with Gasteiger partial charge in [0.25, 0.3) is 0 Å². The lowest BCUT2D eigenvalue weighted by atomic mass is 9.80. The summed E-state index contributed by atoms with van der Waals surface area (Å²) in [6.45, 7) is 4.06. The Morgan fingerprint density at radius 3 is 2.31 bits per heavy atom. The highest BCUT2D eigenvalue weighted by Crippen LogP contribution is 2.49. The van der Waals surface area contributed by atoms with Crippen LogP contribution < -0.4 is 5.73 Å². The van der Waals surface area contributed by atoms with E-state index in [1.54, 1.807) is 0 Å². The van der Waals surface area contributed by atoms with Crippen LogP contribution in [-0.4, -0.2) is 5.54 Å². The molecule has 88 valence electrons. The molecular formula is C13H17F2N. The van der Waals surface area contributed by atoms with E-state index in [-0.39, 0.29) is 17.4 Å². The summed E-state index contributed by atoms with van der Waals surface area (Å²) >= 11 is 0. The number of benzene rings is 1. The highest BCUT2D eigenvalue weighted by atomic mass is 19.1. The van der Waals surface area contributed by atoms with E-state index in [2.05, 4.69) is 0 Å². The van der Waals surface area contributed by atoms with Gasteiger partial charge in [0, 0.05) is 17.5 Å². The minimum Gasteiger partial charge on any atom is -0.325 e. The Labute approximate surface area is 94.7 Å². The topological polar surface area (TPSA) is 26.0 Å². The van der Waals surface area contributed by atoms with Gasteiger partial charge in [0.15, 0.2) is 0 Å². The maximum Gasteiger partial charge on any atom is 0.129 e. The van der Waals surface area contributed by atoms with Gasteiger partial charge in [0.1, 0.15) is 11.6 Å². The van der Waals surface area contributed by atoms with Crippen molar-refractivity contribution in [2.45, 2.75) is 38.1 Å². The monoisotopic (exact) mass is 225 g/mol. The van der Waals surface area contributed by atoms with Crippen molar-refractivity contribution in [1.82, 2.24) is 0 Å². The standard InChI is InChI=1S/C13H17F2N/c1-8(2)12(13(16)5-6-13)10-4-3-9(14)7-11(10)15/h3-4,7-8,12H,5-6,16H2,1-2H3. The molecule has 16 heavy (non-hydrogen) atoms. The molecule has 3 heteroatoms. The molecular weight excluding hydrogens is 208 g/mol. The smallest absolute Gasteiger partial charge is 0.129 e. The average Bonchev–Trinajstić information content (AvgIpc) is 2.88. The van der Waals surface area contributed by atoms with Gasteiger partial charge < -0.3 is 5.73 Å². The molecule has 1 aromatic rings. The summed E-state index contributed by atoms with van der Waals surface area (Å²) < 4.78 is 26.6. The van der Waals surface area contributed by atoms with Crippen LogP contribution in [0.3, 0.4) is 0 Å². The Morgan fingerprint density at radius 2 is 1.88 bits per heavy atom. The summed E-state index contributed by atoms with van der Waals surface area (Å²) in [5.41, 5.74) is 6.44. The van der Waals surface area contributed by atoms with Crippen molar-refractivity contribution in [2.24, 2.45) is 11.7 Å². The van der Waals surface area contributed by atoms with E-state index in [1.807, 2.05) is 13.8 Å². The van der Waals surface area contributed by atoms with E-state index in [0.717, 1.165) is 18.9 Å². The summed E-state index contributed by atoms with van der Waals surface area (Å²) in [5, 5.41) is 0. The third kappa shape index (κ3) is 1.96. The van der Waals surface area contributed by atoms with Gasteiger partial charge in [-0.05, 0) is 30.4 Å². The lowest BCUT2D eigenvalue weighted by Crippen LogP contribution is -2.34. The summed E-state index contributed by atoms with van der Waals surface area (Å²) in [7, 11) is 0. The van der Waals surface area contributed by atoms with Crippen LogP contribution in [0.2, 0.25) is 0 Å². The number of nitrogens with two attached hydrogens (primary N) is 1. The second-order valence-corrected chi connectivity index (χ2v) is 5.12. The van der Waals surface area contributed by atoms with E-state index < -0.39 is 11.6 Å². The zero-order chi connectivity index (χ0) is 11.9. The lowest BCUT2D eigenvalue weighted by Gasteiger charge is -2.28. The van der Waals surface area contributed by atoms with Gasteiger partial charge >= 0.3 is 0 Å². The molecule has 0 bridgehead atoms. The summed E-state index contributed by atoms with van der Waals surface area (Å²) in [6.07, 6.45) is 1.85. The third-order valence-corrected chi connectivity index (χ3v) is 3.41. The Morgan fingerprint density at radius 1 is 1.25 bits per heavy atom. The van der Waals surface area contributed by atoms with Crippen molar-refractivity contribution in [3.05, 3.63) is 35.4 Å². The second-order valence-electron chi connectivity index (χ2n) is 5.12. The van der Waals surface area contributed by atoms with Crippen LogP contribution in [0.15, 0.2) is 18.2 Å². The van der Waals surface area contributed by atoms with Gasteiger partial charge in [0.05, 0.1) is 0 Å². The Hall–Kier alpha value is -0.960. The van der Waals surface area contributed by atoms with Gasteiger partial charge in [-0.25, -0.2) is 8.78 Å². The van der Waals surface area contributed by atoms with Crippen molar-refractivity contribution >= 4 is 0 Å². The first kappa shape index (κ1) is 11.5. The predicted molar refractivity (Wildman–Crippen MR) is 60.1 cm³/mol. The van der Waals surface area contributed by atoms with E-state index in [4.69, 9.17) is 5.73 Å². The Balaban J connectivity index is 2.39. The lowest BCUT2D eigenvalue weighted by molar-refractivity contribution is 0.387. The molecule has 1 aromatic carbocycles. The number of halogens is 2. The molecule has 1 atom stereocenters. The number of hydrogen-bond acceptors (Lipinski definition) is 1. The number of hydrogen-bond donors (Lipinski definition) is 1. The van der Waals surface area contributed by atoms with Crippen molar-refractivity contribution in [3.63, 3.8) is 0 Å². The van der Waals surface area contributed by atoms with Crippen molar-refractivity contribution < 1.29 is 8.78 Å². The van der Waals surface area contributed by atoms with Gasteiger partial charge in [0.2, 0.25) is 0 Å². The molecule has 1 unspecified atom stereocenters. The molecule has 0 heterocycles. The number of rotatable bonds is 3. The van der Waals surface area contributed by atoms with Gasteiger partial charge in [-0.15, -0.1) is 0 Å². The van der Waals surface area contributed by atoms with Crippen LogP contribution in [0, 0.1) is 17.6 Å². The minimum absolute atomic E-state index is 0.0203. The second kappa shape index (κ2) is 3.81. The zero-order valence-corrected chi connectivity index (χ0v) is 9.63. The SMILES string of the molecule is CC(C)C(c1ccc(F)cc1F)C1(N)CC1. The third-order valence-electron chi connectivity index (χ3n) is 3.41. The van der Waals surface area contributed by atoms with Crippen molar-refractivity contribution in [2.75, 3.05) is 0 Å². The minimum atomic E-state index is -0.536. The van der Waals surface area contributed by atoms with Crippen LogP contribution in [0.4, 0.5) is 8.78 Å². The molecule has 0 amide bonds. The molecule has 2 rings (SSSR count). The van der Waals surface area contributed by atoms with E-state index in [9.17, 15) is 8.78 Å². The molecule has 1 fully saturated rings. The molecule has 2 N–H and O–H groups in total. The van der Waals surface area contributed by atoms with Crippen LogP contribution in [0.1, 0.15) is 38.2 Å². The fraction of sp³-hybridized carbons (Fsp3) is 0.538. The molecule has 0 radical (unpaired) electrons. The maximum atomic E-state index is 13.7. The van der Waals surface area contributed by atoms with Crippen molar-refractivity contribution in [3.8, 4) is 0 Å². The quantitative estimate of drug-likeness (QED) is 0.840. The van der Waals surface area contributed by atoms with Crippen LogP contribution in [0.25, 0.3) is 0 Å².